The van der Waals surface area contributed by atoms with Crippen molar-refractivity contribution in [2.75, 3.05) is 31.6 Å². The van der Waals surface area contributed by atoms with E-state index in [0.29, 0.717) is 25.6 Å². The third-order valence-electron chi connectivity index (χ3n) is 4.22. The molecule has 0 bridgehead atoms. The minimum atomic E-state index is -0.0927. The Kier molecular flexibility index (Phi) is 6.75. The van der Waals surface area contributed by atoms with Crippen LogP contribution in [-0.4, -0.2) is 54.1 Å². The third kappa shape index (κ3) is 5.62. The van der Waals surface area contributed by atoms with Crippen molar-refractivity contribution >= 4 is 17.5 Å². The lowest BCUT2D eigenvalue weighted by Crippen LogP contribution is -2.38. The van der Waals surface area contributed by atoms with Gasteiger partial charge in [-0.1, -0.05) is 18.2 Å². The van der Waals surface area contributed by atoms with Crippen LogP contribution in [0.1, 0.15) is 30.4 Å². The molecule has 1 aliphatic rings. The Morgan fingerprint density at radius 2 is 1.88 bits per heavy atom. The lowest BCUT2D eigenvalue weighted by molar-refractivity contribution is -0.122. The van der Waals surface area contributed by atoms with Gasteiger partial charge in [-0.05, 0) is 37.8 Å². The molecule has 0 atom stereocenters. The summed E-state index contributed by atoms with van der Waals surface area (Å²) < 4.78 is 0. The fourth-order valence-corrected chi connectivity index (χ4v) is 2.73. The Morgan fingerprint density at radius 1 is 1.21 bits per heavy atom. The van der Waals surface area contributed by atoms with Crippen molar-refractivity contribution in [3.8, 4) is 0 Å². The van der Waals surface area contributed by atoms with E-state index >= 15 is 0 Å². The summed E-state index contributed by atoms with van der Waals surface area (Å²) in [5.74, 6) is -0.139. The van der Waals surface area contributed by atoms with Gasteiger partial charge < -0.3 is 15.7 Å². The second-order valence-corrected chi connectivity index (χ2v) is 6.34. The minimum absolute atomic E-state index is 0.0462. The highest BCUT2D eigenvalue weighted by atomic mass is 16.3. The molecule has 0 aromatic heterocycles. The van der Waals surface area contributed by atoms with Crippen LogP contribution < -0.4 is 10.6 Å². The van der Waals surface area contributed by atoms with Gasteiger partial charge in [-0.2, -0.15) is 0 Å². The number of para-hydroxylation sites is 1. The average Bonchev–Trinajstić information content (AvgIpc) is 3.38. The maximum Gasteiger partial charge on any atom is 0.238 e. The molecule has 2 rings (SSSR count). The van der Waals surface area contributed by atoms with Crippen LogP contribution in [0.15, 0.2) is 18.2 Å². The molecule has 1 saturated carbocycles. The number of aliphatic hydroxyl groups excluding tert-OH is 1. The number of anilines is 1. The third-order valence-corrected chi connectivity index (χ3v) is 4.22. The summed E-state index contributed by atoms with van der Waals surface area (Å²) in [6.45, 7) is 5.03. The second-order valence-electron chi connectivity index (χ2n) is 6.34. The summed E-state index contributed by atoms with van der Waals surface area (Å²) in [4.78, 5) is 26.1. The van der Waals surface area contributed by atoms with E-state index in [1.165, 1.54) is 0 Å². The van der Waals surface area contributed by atoms with Crippen LogP contribution in [0, 0.1) is 13.8 Å². The number of aryl methyl sites for hydroxylation is 2. The average molecular weight is 333 g/mol. The Hall–Kier alpha value is -1.92. The standard InChI is InChI=1S/C18H27N3O3/c1-13-4-3-5-14(2)18(13)20-17(24)12-21(15-6-7-15)10-8-16(23)19-9-11-22/h3-5,15,22H,6-12H2,1-2H3,(H,19,23)(H,20,24). The number of nitrogens with zero attached hydrogens (tertiary/aromatic N) is 1. The van der Waals surface area contributed by atoms with Gasteiger partial charge in [0.25, 0.3) is 0 Å². The van der Waals surface area contributed by atoms with Crippen LogP contribution in [0.3, 0.4) is 0 Å². The van der Waals surface area contributed by atoms with Gasteiger partial charge in [0, 0.05) is 31.2 Å². The van der Waals surface area contributed by atoms with Crippen molar-refractivity contribution in [2.45, 2.75) is 39.2 Å². The van der Waals surface area contributed by atoms with Crippen LogP contribution in [0.4, 0.5) is 5.69 Å². The van der Waals surface area contributed by atoms with Crippen LogP contribution in [0.25, 0.3) is 0 Å². The Balaban J connectivity index is 1.86. The summed E-state index contributed by atoms with van der Waals surface area (Å²) in [5.41, 5.74) is 2.97. The van der Waals surface area contributed by atoms with E-state index in [1.807, 2.05) is 32.0 Å². The van der Waals surface area contributed by atoms with Gasteiger partial charge in [0.05, 0.1) is 13.2 Å². The highest BCUT2D eigenvalue weighted by molar-refractivity contribution is 5.93. The van der Waals surface area contributed by atoms with Crippen LogP contribution >= 0.6 is 0 Å². The molecular weight excluding hydrogens is 306 g/mol. The number of hydrogen-bond acceptors (Lipinski definition) is 4. The molecule has 6 heteroatoms. The van der Waals surface area contributed by atoms with E-state index in [2.05, 4.69) is 15.5 Å². The highest BCUT2D eigenvalue weighted by Crippen LogP contribution is 2.27. The normalized spacial score (nSPS) is 13.8. The molecule has 24 heavy (non-hydrogen) atoms. The Morgan fingerprint density at radius 3 is 2.46 bits per heavy atom. The zero-order chi connectivity index (χ0) is 17.5. The smallest absolute Gasteiger partial charge is 0.238 e. The predicted octanol–water partition coefficient (Wildman–Crippen LogP) is 1.20. The van der Waals surface area contributed by atoms with Gasteiger partial charge in [0.15, 0.2) is 0 Å². The summed E-state index contributed by atoms with van der Waals surface area (Å²) in [5, 5.41) is 14.4. The number of benzene rings is 1. The maximum atomic E-state index is 12.4. The number of hydrogen-bond donors (Lipinski definition) is 3. The number of nitrogens with one attached hydrogen (secondary N) is 2. The molecule has 1 aromatic carbocycles. The number of aliphatic hydroxyl groups is 1. The van der Waals surface area contributed by atoms with Gasteiger partial charge >= 0.3 is 0 Å². The topological polar surface area (TPSA) is 81.7 Å². The van der Waals surface area contributed by atoms with Gasteiger partial charge in [-0.25, -0.2) is 0 Å². The molecule has 1 aliphatic carbocycles. The van der Waals surface area contributed by atoms with Crippen molar-refractivity contribution in [2.24, 2.45) is 0 Å². The maximum absolute atomic E-state index is 12.4. The number of carbonyl (C=O) groups excluding carboxylic acids is 2. The van der Waals surface area contributed by atoms with Gasteiger partial charge in [-0.15, -0.1) is 0 Å². The summed E-state index contributed by atoms with van der Waals surface area (Å²) in [7, 11) is 0. The number of amides is 2. The van der Waals surface area contributed by atoms with Crippen LogP contribution in [-0.2, 0) is 9.59 Å². The van der Waals surface area contributed by atoms with Crippen molar-refractivity contribution in [1.29, 1.82) is 0 Å². The van der Waals surface area contributed by atoms with E-state index in [4.69, 9.17) is 5.11 Å². The first kappa shape index (κ1) is 18.4. The fraction of sp³-hybridized carbons (Fsp3) is 0.556. The van der Waals surface area contributed by atoms with E-state index < -0.39 is 0 Å². The Labute approximate surface area is 143 Å². The van der Waals surface area contributed by atoms with E-state index in [-0.39, 0.29) is 25.0 Å². The molecule has 1 aromatic rings. The summed E-state index contributed by atoms with van der Waals surface area (Å²) in [6.07, 6.45) is 2.50. The zero-order valence-corrected chi connectivity index (χ0v) is 14.5. The monoisotopic (exact) mass is 333 g/mol. The van der Waals surface area contributed by atoms with Gasteiger partial charge in [-0.3, -0.25) is 14.5 Å². The van der Waals surface area contributed by atoms with Crippen molar-refractivity contribution in [3.05, 3.63) is 29.3 Å². The molecule has 0 spiro atoms. The molecule has 0 heterocycles. The molecular formula is C18H27N3O3. The summed E-state index contributed by atoms with van der Waals surface area (Å²) in [6, 6.07) is 6.33. The van der Waals surface area contributed by atoms with E-state index in [9.17, 15) is 9.59 Å². The first-order valence-corrected chi connectivity index (χ1v) is 8.49. The molecule has 3 N–H and O–H groups in total. The van der Waals surface area contributed by atoms with Gasteiger partial charge in [0.1, 0.15) is 0 Å². The van der Waals surface area contributed by atoms with Crippen molar-refractivity contribution < 1.29 is 14.7 Å². The largest absolute Gasteiger partial charge is 0.395 e. The van der Waals surface area contributed by atoms with E-state index in [0.717, 1.165) is 29.7 Å². The quantitative estimate of drug-likeness (QED) is 0.634. The SMILES string of the molecule is Cc1cccc(C)c1NC(=O)CN(CCC(=O)NCCO)C1CC1. The molecule has 0 saturated heterocycles. The highest BCUT2D eigenvalue weighted by Gasteiger charge is 2.30. The zero-order valence-electron chi connectivity index (χ0n) is 14.5. The molecule has 6 nitrogen and oxygen atoms in total. The number of carbonyl (C=O) groups is 2. The molecule has 132 valence electrons. The second kappa shape index (κ2) is 8.80. The van der Waals surface area contributed by atoms with E-state index in [1.54, 1.807) is 0 Å². The number of rotatable bonds is 9. The molecule has 0 aliphatic heterocycles. The van der Waals surface area contributed by atoms with Crippen molar-refractivity contribution in [1.82, 2.24) is 10.2 Å². The fourth-order valence-electron chi connectivity index (χ4n) is 2.73. The lowest BCUT2D eigenvalue weighted by Gasteiger charge is -2.21. The lowest BCUT2D eigenvalue weighted by atomic mass is 10.1. The van der Waals surface area contributed by atoms with Crippen LogP contribution in [0.5, 0.6) is 0 Å². The van der Waals surface area contributed by atoms with Gasteiger partial charge in [0.2, 0.25) is 11.8 Å². The molecule has 2 amide bonds. The first-order chi connectivity index (χ1) is 11.5. The van der Waals surface area contributed by atoms with Crippen LogP contribution in [0.2, 0.25) is 0 Å². The minimum Gasteiger partial charge on any atom is -0.395 e. The molecule has 0 radical (unpaired) electrons. The summed E-state index contributed by atoms with van der Waals surface area (Å²) >= 11 is 0. The Bertz CT molecular complexity index is 565. The first-order valence-electron chi connectivity index (χ1n) is 8.49. The molecule has 0 unspecified atom stereocenters. The molecule has 1 fully saturated rings. The predicted molar refractivity (Wildman–Crippen MR) is 93.9 cm³/mol. The van der Waals surface area contributed by atoms with Crippen molar-refractivity contribution in [3.63, 3.8) is 0 Å².